The molecule has 0 saturated heterocycles. The van der Waals surface area contributed by atoms with Crippen LogP contribution in [0.3, 0.4) is 0 Å². The summed E-state index contributed by atoms with van der Waals surface area (Å²) in [6.45, 7) is 1.70. The molecule has 6 heteroatoms. The van der Waals surface area contributed by atoms with Gasteiger partial charge in [-0.3, -0.25) is 9.78 Å². The lowest BCUT2D eigenvalue weighted by molar-refractivity contribution is -0.137. The molecule has 0 saturated carbocycles. The fraction of sp³-hybridized carbons (Fsp3) is 0.143. The maximum atomic E-state index is 12.7. The third-order valence-corrected chi connectivity index (χ3v) is 3.51. The van der Waals surface area contributed by atoms with E-state index in [2.05, 4.69) is 20.9 Å². The molecule has 0 spiro atoms. The molecule has 0 unspecified atom stereocenters. The summed E-state index contributed by atoms with van der Waals surface area (Å²) in [5, 5.41) is 0. The molecule has 0 N–H and O–H groups in total. The molecule has 0 aliphatic carbocycles. The molecule has 20 heavy (non-hydrogen) atoms. The topological polar surface area (TPSA) is 30.0 Å². The Morgan fingerprint density at radius 3 is 2.50 bits per heavy atom. The number of aryl methyl sites for hydroxylation is 1. The molecule has 0 atom stereocenters. The molecule has 2 aromatic rings. The molecule has 1 aromatic carbocycles. The van der Waals surface area contributed by atoms with Gasteiger partial charge in [0.25, 0.3) is 0 Å². The maximum Gasteiger partial charge on any atom is 0.416 e. The molecular formula is C14H9BrF3NO. The number of benzene rings is 1. The highest BCUT2D eigenvalue weighted by Crippen LogP contribution is 2.32. The molecule has 0 fully saturated rings. The normalized spacial score (nSPS) is 11.4. The van der Waals surface area contributed by atoms with Crippen LogP contribution < -0.4 is 0 Å². The Kier molecular flexibility index (Phi) is 3.94. The van der Waals surface area contributed by atoms with Crippen LogP contribution in [-0.2, 0) is 6.18 Å². The van der Waals surface area contributed by atoms with E-state index in [1.54, 1.807) is 13.0 Å². The summed E-state index contributed by atoms with van der Waals surface area (Å²) in [6, 6.07) is 4.63. The lowest BCUT2D eigenvalue weighted by atomic mass is 9.99. The standard InChI is InChI=1S/C14H9BrF3NO/c1-8-4-5-19-7-11(8)13(20)10-6-9(14(16,17)18)2-3-12(10)15/h2-7H,1H3. The zero-order valence-corrected chi connectivity index (χ0v) is 11.9. The second-order valence-corrected chi connectivity index (χ2v) is 5.07. The van der Waals surface area contributed by atoms with Crippen LogP contribution >= 0.6 is 15.9 Å². The van der Waals surface area contributed by atoms with Gasteiger partial charge in [-0.05, 0) is 36.8 Å². The number of nitrogens with zero attached hydrogens (tertiary/aromatic N) is 1. The Bertz CT molecular complexity index is 668. The van der Waals surface area contributed by atoms with E-state index in [0.29, 0.717) is 10.0 Å². The van der Waals surface area contributed by atoms with Gasteiger partial charge < -0.3 is 0 Å². The number of alkyl halides is 3. The van der Waals surface area contributed by atoms with Crippen molar-refractivity contribution >= 4 is 21.7 Å². The van der Waals surface area contributed by atoms with Crippen LogP contribution in [0.2, 0.25) is 0 Å². The highest BCUT2D eigenvalue weighted by molar-refractivity contribution is 9.10. The number of rotatable bonds is 2. The molecule has 2 rings (SSSR count). The van der Waals surface area contributed by atoms with E-state index in [-0.39, 0.29) is 11.1 Å². The molecule has 1 heterocycles. The van der Waals surface area contributed by atoms with E-state index < -0.39 is 17.5 Å². The zero-order valence-electron chi connectivity index (χ0n) is 10.3. The predicted molar refractivity (Wildman–Crippen MR) is 71.6 cm³/mol. The van der Waals surface area contributed by atoms with Gasteiger partial charge in [0.2, 0.25) is 0 Å². The van der Waals surface area contributed by atoms with Gasteiger partial charge in [-0.25, -0.2) is 0 Å². The van der Waals surface area contributed by atoms with Gasteiger partial charge in [0.15, 0.2) is 5.78 Å². The molecule has 1 aromatic heterocycles. The number of carbonyl (C=O) groups excluding carboxylic acids is 1. The van der Waals surface area contributed by atoms with E-state index in [9.17, 15) is 18.0 Å². The third-order valence-electron chi connectivity index (χ3n) is 2.82. The van der Waals surface area contributed by atoms with Gasteiger partial charge in [0, 0.05) is 28.0 Å². The smallest absolute Gasteiger partial charge is 0.288 e. The molecule has 0 amide bonds. The van der Waals surface area contributed by atoms with Gasteiger partial charge in [0.05, 0.1) is 5.56 Å². The molecule has 0 radical (unpaired) electrons. The number of pyridine rings is 1. The van der Waals surface area contributed by atoms with E-state index >= 15 is 0 Å². The van der Waals surface area contributed by atoms with Crippen molar-refractivity contribution in [3.63, 3.8) is 0 Å². The average molecular weight is 344 g/mol. The number of hydrogen-bond donors (Lipinski definition) is 0. The Morgan fingerprint density at radius 1 is 1.20 bits per heavy atom. The first-order valence-corrected chi connectivity index (χ1v) is 6.42. The number of carbonyl (C=O) groups is 1. The van der Waals surface area contributed by atoms with Crippen LogP contribution in [0.5, 0.6) is 0 Å². The maximum absolute atomic E-state index is 12.7. The number of ketones is 1. The summed E-state index contributed by atoms with van der Waals surface area (Å²) in [6.07, 6.45) is -1.61. The summed E-state index contributed by atoms with van der Waals surface area (Å²) < 4.78 is 38.4. The van der Waals surface area contributed by atoms with Crippen molar-refractivity contribution in [2.75, 3.05) is 0 Å². The summed E-state index contributed by atoms with van der Waals surface area (Å²) in [4.78, 5) is 16.2. The molecule has 0 aliphatic rings. The van der Waals surface area contributed by atoms with Crippen LogP contribution in [0, 0.1) is 6.92 Å². The van der Waals surface area contributed by atoms with Gasteiger partial charge in [0.1, 0.15) is 0 Å². The minimum absolute atomic E-state index is 0.0316. The van der Waals surface area contributed by atoms with Crippen LogP contribution in [0.15, 0.2) is 41.1 Å². The average Bonchev–Trinajstić information content (AvgIpc) is 2.37. The third kappa shape index (κ3) is 2.90. The summed E-state index contributed by atoms with van der Waals surface area (Å²) >= 11 is 3.11. The first-order chi connectivity index (χ1) is 9.30. The van der Waals surface area contributed by atoms with Gasteiger partial charge >= 0.3 is 6.18 Å². The highest BCUT2D eigenvalue weighted by atomic mass is 79.9. The van der Waals surface area contributed by atoms with Crippen molar-refractivity contribution in [2.24, 2.45) is 0 Å². The fourth-order valence-electron chi connectivity index (χ4n) is 1.72. The number of hydrogen-bond acceptors (Lipinski definition) is 2. The highest BCUT2D eigenvalue weighted by Gasteiger charge is 2.31. The Morgan fingerprint density at radius 2 is 1.90 bits per heavy atom. The molecular weight excluding hydrogens is 335 g/mol. The first kappa shape index (κ1) is 14.7. The molecule has 0 bridgehead atoms. The van der Waals surface area contributed by atoms with Crippen molar-refractivity contribution < 1.29 is 18.0 Å². The fourth-order valence-corrected chi connectivity index (χ4v) is 2.15. The summed E-state index contributed by atoms with van der Waals surface area (Å²) in [7, 11) is 0. The van der Waals surface area contributed by atoms with Crippen molar-refractivity contribution in [3.8, 4) is 0 Å². The minimum atomic E-state index is -4.49. The lowest BCUT2D eigenvalue weighted by Crippen LogP contribution is -2.10. The largest absolute Gasteiger partial charge is 0.416 e. The minimum Gasteiger partial charge on any atom is -0.288 e. The van der Waals surface area contributed by atoms with Gasteiger partial charge in [-0.15, -0.1) is 0 Å². The zero-order chi connectivity index (χ0) is 14.9. The first-order valence-electron chi connectivity index (χ1n) is 5.63. The van der Waals surface area contributed by atoms with Crippen molar-refractivity contribution in [1.82, 2.24) is 4.98 Å². The lowest BCUT2D eigenvalue weighted by Gasteiger charge is -2.11. The quantitative estimate of drug-likeness (QED) is 0.756. The predicted octanol–water partition coefficient (Wildman–Crippen LogP) is 4.40. The van der Waals surface area contributed by atoms with Gasteiger partial charge in [-0.2, -0.15) is 13.2 Å². The van der Waals surface area contributed by atoms with Gasteiger partial charge in [-0.1, -0.05) is 15.9 Å². The van der Waals surface area contributed by atoms with E-state index in [1.807, 2.05) is 0 Å². The second-order valence-electron chi connectivity index (χ2n) is 4.21. The Balaban J connectivity index is 2.53. The molecule has 104 valence electrons. The summed E-state index contributed by atoms with van der Waals surface area (Å²) in [5.74, 6) is -0.492. The van der Waals surface area contributed by atoms with Crippen LogP contribution in [0.25, 0.3) is 0 Å². The number of aromatic nitrogens is 1. The number of halogens is 4. The second kappa shape index (κ2) is 5.36. The monoisotopic (exact) mass is 343 g/mol. The van der Waals surface area contributed by atoms with Crippen molar-refractivity contribution in [3.05, 3.63) is 63.4 Å². The summed E-state index contributed by atoms with van der Waals surface area (Å²) in [5.41, 5.74) is 0.0587. The Labute approximate surface area is 121 Å². The molecule has 2 nitrogen and oxygen atoms in total. The van der Waals surface area contributed by atoms with Crippen molar-refractivity contribution in [2.45, 2.75) is 13.1 Å². The van der Waals surface area contributed by atoms with Crippen molar-refractivity contribution in [1.29, 1.82) is 0 Å². The SMILES string of the molecule is Cc1ccncc1C(=O)c1cc(C(F)(F)F)ccc1Br. The van der Waals surface area contributed by atoms with E-state index in [1.165, 1.54) is 18.5 Å². The molecule has 0 aliphatic heterocycles. The van der Waals surface area contributed by atoms with Crippen LogP contribution in [0.1, 0.15) is 27.0 Å². The van der Waals surface area contributed by atoms with E-state index in [0.717, 1.165) is 12.1 Å². The van der Waals surface area contributed by atoms with E-state index in [4.69, 9.17) is 0 Å². The Hall–Kier alpha value is -1.69. The van der Waals surface area contributed by atoms with Crippen LogP contribution in [0.4, 0.5) is 13.2 Å². The van der Waals surface area contributed by atoms with Crippen LogP contribution in [-0.4, -0.2) is 10.8 Å².